The van der Waals surface area contributed by atoms with Crippen LogP contribution in [0.3, 0.4) is 0 Å². The molecule has 19 heavy (non-hydrogen) atoms. The molecule has 2 unspecified atom stereocenters. The smallest absolute Gasteiger partial charge is 0.0502 e. The number of nitrogens with one attached hydrogen (secondary N) is 1. The lowest BCUT2D eigenvalue weighted by atomic mass is 9.90. The second kappa shape index (κ2) is 9.11. The maximum absolute atomic E-state index is 5.12. The third-order valence-electron chi connectivity index (χ3n) is 3.67. The van der Waals surface area contributed by atoms with Crippen LogP contribution in [0.2, 0.25) is 0 Å². The van der Waals surface area contributed by atoms with Crippen molar-refractivity contribution in [3.8, 4) is 0 Å². The van der Waals surface area contributed by atoms with Gasteiger partial charge in [0.2, 0.25) is 0 Å². The first-order chi connectivity index (χ1) is 9.22. The Kier molecular flexibility index (Phi) is 7.76. The van der Waals surface area contributed by atoms with Gasteiger partial charge in [-0.25, -0.2) is 0 Å². The fraction of sp³-hybridized carbons (Fsp3) is 0.647. The molecule has 2 nitrogen and oxygen atoms in total. The largest absolute Gasteiger partial charge is 0.384 e. The summed E-state index contributed by atoms with van der Waals surface area (Å²) in [6.07, 6.45) is 3.51. The van der Waals surface area contributed by atoms with Gasteiger partial charge in [-0.3, -0.25) is 0 Å². The van der Waals surface area contributed by atoms with E-state index < -0.39 is 0 Å². The van der Waals surface area contributed by atoms with E-state index in [0.717, 1.165) is 19.6 Å². The first-order valence-corrected chi connectivity index (χ1v) is 7.54. The van der Waals surface area contributed by atoms with Crippen LogP contribution in [0, 0.1) is 5.92 Å². The van der Waals surface area contributed by atoms with E-state index in [1.165, 1.54) is 24.0 Å². The summed E-state index contributed by atoms with van der Waals surface area (Å²) in [5.41, 5.74) is 2.76. The van der Waals surface area contributed by atoms with Crippen LogP contribution in [0.15, 0.2) is 24.3 Å². The fourth-order valence-electron chi connectivity index (χ4n) is 2.60. The van der Waals surface area contributed by atoms with E-state index in [2.05, 4.69) is 50.4 Å². The Morgan fingerprint density at radius 3 is 2.37 bits per heavy atom. The molecular formula is C17H29NO. The molecular weight excluding hydrogens is 234 g/mol. The third kappa shape index (κ3) is 5.33. The molecule has 0 aliphatic heterocycles. The molecule has 0 spiro atoms. The van der Waals surface area contributed by atoms with Crippen molar-refractivity contribution < 1.29 is 4.74 Å². The zero-order valence-corrected chi connectivity index (χ0v) is 12.9. The number of ether oxygens (including phenoxy) is 1. The summed E-state index contributed by atoms with van der Waals surface area (Å²) >= 11 is 0. The molecule has 0 saturated carbocycles. The lowest BCUT2D eigenvalue weighted by molar-refractivity contribution is 0.202. The summed E-state index contributed by atoms with van der Waals surface area (Å²) in [5.74, 6) is 0.676. The van der Waals surface area contributed by atoms with Gasteiger partial charge in [-0.1, -0.05) is 51.5 Å². The Labute approximate surface area is 118 Å². The molecule has 1 rings (SSSR count). The highest BCUT2D eigenvalue weighted by atomic mass is 16.5. The van der Waals surface area contributed by atoms with Crippen LogP contribution in [0.25, 0.3) is 0 Å². The van der Waals surface area contributed by atoms with Crippen molar-refractivity contribution >= 4 is 0 Å². The second-order valence-electron chi connectivity index (χ2n) is 5.29. The maximum atomic E-state index is 5.12. The Morgan fingerprint density at radius 2 is 1.84 bits per heavy atom. The van der Waals surface area contributed by atoms with Gasteiger partial charge < -0.3 is 10.1 Å². The van der Waals surface area contributed by atoms with Crippen molar-refractivity contribution in [2.75, 3.05) is 20.3 Å². The second-order valence-corrected chi connectivity index (χ2v) is 5.29. The predicted octanol–water partition coefficient (Wildman–Crippen LogP) is 3.96. The van der Waals surface area contributed by atoms with Gasteiger partial charge in [0.1, 0.15) is 0 Å². The van der Waals surface area contributed by atoms with Gasteiger partial charge in [0.05, 0.1) is 6.61 Å². The Hall–Kier alpha value is -0.860. The zero-order chi connectivity index (χ0) is 14.1. The minimum atomic E-state index is 0.474. The summed E-state index contributed by atoms with van der Waals surface area (Å²) in [6.45, 7) is 8.59. The lowest BCUT2D eigenvalue weighted by Crippen LogP contribution is -2.26. The van der Waals surface area contributed by atoms with Crippen LogP contribution in [0.4, 0.5) is 0 Å². The van der Waals surface area contributed by atoms with Gasteiger partial charge in [-0.2, -0.15) is 0 Å². The van der Waals surface area contributed by atoms with Gasteiger partial charge >= 0.3 is 0 Å². The van der Waals surface area contributed by atoms with Gasteiger partial charge in [0.25, 0.3) is 0 Å². The van der Waals surface area contributed by atoms with Gasteiger partial charge in [-0.15, -0.1) is 0 Å². The quantitative estimate of drug-likeness (QED) is 0.728. The number of rotatable bonds is 9. The summed E-state index contributed by atoms with van der Waals surface area (Å²) in [6, 6.07) is 9.48. The van der Waals surface area contributed by atoms with E-state index in [4.69, 9.17) is 4.74 Å². The highest BCUT2D eigenvalue weighted by molar-refractivity contribution is 5.25. The standard InChI is InChI=1S/C17H29NO/c1-5-7-14(3)17(18-6-2)16-10-8-15(9-11-16)12-13-19-4/h8-11,14,17-18H,5-7,12-13H2,1-4H3. The van der Waals surface area contributed by atoms with E-state index in [-0.39, 0.29) is 0 Å². The van der Waals surface area contributed by atoms with E-state index in [1.54, 1.807) is 7.11 Å². The van der Waals surface area contributed by atoms with Crippen molar-refractivity contribution in [3.05, 3.63) is 35.4 Å². The Bertz CT molecular complexity index is 334. The van der Waals surface area contributed by atoms with Gasteiger partial charge in [-0.05, 0) is 36.4 Å². The van der Waals surface area contributed by atoms with Gasteiger partial charge in [0.15, 0.2) is 0 Å². The molecule has 1 aromatic carbocycles. The summed E-state index contributed by atoms with van der Waals surface area (Å²) in [4.78, 5) is 0. The first-order valence-electron chi connectivity index (χ1n) is 7.54. The Balaban J connectivity index is 2.73. The molecule has 0 aliphatic carbocycles. The molecule has 1 N–H and O–H groups in total. The molecule has 1 aromatic rings. The molecule has 108 valence electrons. The molecule has 2 heteroatoms. The first kappa shape index (κ1) is 16.2. The molecule has 0 amide bonds. The predicted molar refractivity (Wildman–Crippen MR) is 82.5 cm³/mol. The van der Waals surface area contributed by atoms with Crippen LogP contribution in [-0.4, -0.2) is 20.3 Å². The van der Waals surface area contributed by atoms with Crippen molar-refractivity contribution in [3.63, 3.8) is 0 Å². The minimum absolute atomic E-state index is 0.474. The number of hydrogen-bond acceptors (Lipinski definition) is 2. The van der Waals surface area contributed by atoms with Crippen molar-refractivity contribution in [1.82, 2.24) is 5.32 Å². The van der Waals surface area contributed by atoms with E-state index in [0.29, 0.717) is 12.0 Å². The van der Waals surface area contributed by atoms with Crippen LogP contribution in [-0.2, 0) is 11.2 Å². The average Bonchev–Trinajstić information content (AvgIpc) is 2.43. The summed E-state index contributed by atoms with van der Waals surface area (Å²) < 4.78 is 5.12. The number of benzene rings is 1. The van der Waals surface area contributed by atoms with Crippen LogP contribution in [0.1, 0.15) is 50.8 Å². The number of methoxy groups -OCH3 is 1. The zero-order valence-electron chi connectivity index (χ0n) is 12.9. The van der Waals surface area contributed by atoms with E-state index in [9.17, 15) is 0 Å². The van der Waals surface area contributed by atoms with Crippen LogP contribution >= 0.6 is 0 Å². The molecule has 0 fully saturated rings. The minimum Gasteiger partial charge on any atom is -0.384 e. The highest BCUT2D eigenvalue weighted by Crippen LogP contribution is 2.25. The average molecular weight is 263 g/mol. The fourth-order valence-corrected chi connectivity index (χ4v) is 2.60. The van der Waals surface area contributed by atoms with Crippen molar-refractivity contribution in [2.24, 2.45) is 5.92 Å². The maximum Gasteiger partial charge on any atom is 0.0502 e. The molecule has 0 saturated heterocycles. The summed E-state index contributed by atoms with van der Waals surface area (Å²) in [7, 11) is 1.75. The Morgan fingerprint density at radius 1 is 1.16 bits per heavy atom. The topological polar surface area (TPSA) is 21.3 Å². The van der Waals surface area contributed by atoms with Crippen LogP contribution in [0.5, 0.6) is 0 Å². The number of hydrogen-bond donors (Lipinski definition) is 1. The van der Waals surface area contributed by atoms with Crippen molar-refractivity contribution in [2.45, 2.75) is 46.1 Å². The molecule has 0 heterocycles. The molecule has 2 atom stereocenters. The monoisotopic (exact) mass is 263 g/mol. The SMILES string of the molecule is CCCC(C)C(NCC)c1ccc(CCOC)cc1. The normalized spacial score (nSPS) is 14.3. The third-order valence-corrected chi connectivity index (χ3v) is 3.67. The van der Waals surface area contributed by atoms with Crippen LogP contribution < -0.4 is 5.32 Å². The van der Waals surface area contributed by atoms with E-state index >= 15 is 0 Å². The molecule has 0 bridgehead atoms. The van der Waals surface area contributed by atoms with E-state index in [1.807, 2.05) is 0 Å². The highest BCUT2D eigenvalue weighted by Gasteiger charge is 2.17. The molecule has 0 aromatic heterocycles. The molecule has 0 radical (unpaired) electrons. The summed E-state index contributed by atoms with van der Waals surface area (Å²) in [5, 5.41) is 3.62. The van der Waals surface area contributed by atoms with Gasteiger partial charge in [0, 0.05) is 13.2 Å². The van der Waals surface area contributed by atoms with Crippen molar-refractivity contribution in [1.29, 1.82) is 0 Å². The lowest BCUT2D eigenvalue weighted by Gasteiger charge is -2.25. The molecule has 0 aliphatic rings.